The average molecular weight is 705 g/mol. The molecule has 0 aliphatic carbocycles. The molecule has 0 bridgehead atoms. The Kier molecular flexibility index (Phi) is 10.6. The summed E-state index contributed by atoms with van der Waals surface area (Å²) in [7, 11) is 0. The number of unbranched alkanes of at least 4 members (excludes halogenated alkanes) is 1. The fourth-order valence-electron chi connectivity index (χ4n) is 4.06. The maximum Gasteiger partial charge on any atom is 0.282 e. The molecule has 0 radical (unpaired) electrons. The molecule has 0 aliphatic heterocycles. The minimum Gasteiger partial charge on any atom is -0.490 e. The standard InChI is InChI=1S/C30H29Br2ClN4O4/c1-4-6-11-25-35-23-13-12-20(31)15-21(23)30(39)37(25)34-16-19-14-24(40-5-2)29(28(33)27(19)32)41-17-26(38)36-22-10-8-7-9-18(22)3/h7-10,12-16H,4-6,11,17H2,1-3H3,(H,36,38). The van der Waals surface area contributed by atoms with Crippen molar-refractivity contribution in [3.63, 3.8) is 0 Å². The average Bonchev–Trinajstić information content (AvgIpc) is 2.95. The Balaban J connectivity index is 1.66. The maximum absolute atomic E-state index is 13.4. The molecule has 8 nitrogen and oxygen atoms in total. The summed E-state index contributed by atoms with van der Waals surface area (Å²) in [6, 6.07) is 14.6. The van der Waals surface area contributed by atoms with Crippen LogP contribution in [0.1, 0.15) is 43.6 Å². The number of benzene rings is 3. The van der Waals surface area contributed by atoms with E-state index in [-0.39, 0.29) is 28.8 Å². The maximum atomic E-state index is 13.4. The zero-order chi connectivity index (χ0) is 29.5. The van der Waals surface area contributed by atoms with Crippen LogP contribution in [0.5, 0.6) is 11.5 Å². The van der Waals surface area contributed by atoms with Crippen LogP contribution >= 0.6 is 43.5 Å². The molecular weight excluding hydrogens is 676 g/mol. The molecule has 1 aromatic heterocycles. The molecule has 0 atom stereocenters. The number of ether oxygens (including phenoxy) is 2. The summed E-state index contributed by atoms with van der Waals surface area (Å²) in [5, 5.41) is 8.02. The third-order valence-electron chi connectivity index (χ3n) is 6.16. The van der Waals surface area contributed by atoms with E-state index in [0.717, 1.165) is 22.9 Å². The molecule has 1 N–H and O–H groups in total. The van der Waals surface area contributed by atoms with Crippen molar-refractivity contribution in [2.75, 3.05) is 18.5 Å². The van der Waals surface area contributed by atoms with Gasteiger partial charge >= 0.3 is 0 Å². The first-order chi connectivity index (χ1) is 19.7. The third kappa shape index (κ3) is 7.36. The summed E-state index contributed by atoms with van der Waals surface area (Å²) in [6.45, 7) is 5.88. The second-order valence-corrected chi connectivity index (χ2v) is 11.2. The lowest BCUT2D eigenvalue weighted by Gasteiger charge is -2.16. The van der Waals surface area contributed by atoms with Gasteiger partial charge in [-0.3, -0.25) is 9.59 Å². The van der Waals surface area contributed by atoms with Gasteiger partial charge in [0.2, 0.25) is 0 Å². The first-order valence-electron chi connectivity index (χ1n) is 13.1. The Hall–Kier alpha value is -3.21. The quantitative estimate of drug-likeness (QED) is 0.163. The highest BCUT2D eigenvalue weighted by molar-refractivity contribution is 9.10. The van der Waals surface area contributed by atoms with E-state index in [4.69, 9.17) is 26.1 Å². The van der Waals surface area contributed by atoms with Crippen LogP contribution < -0.4 is 20.3 Å². The van der Waals surface area contributed by atoms with Gasteiger partial charge in [0.1, 0.15) is 10.8 Å². The number of nitrogens with zero attached hydrogens (tertiary/aromatic N) is 3. The van der Waals surface area contributed by atoms with Gasteiger partial charge in [0, 0.05) is 26.6 Å². The van der Waals surface area contributed by atoms with Crippen LogP contribution in [0.2, 0.25) is 5.02 Å². The second-order valence-electron chi connectivity index (χ2n) is 9.16. The molecule has 0 saturated carbocycles. The van der Waals surface area contributed by atoms with Crippen LogP contribution in [0.3, 0.4) is 0 Å². The highest BCUT2D eigenvalue weighted by Gasteiger charge is 2.19. The number of aromatic nitrogens is 2. The molecule has 3 aromatic carbocycles. The van der Waals surface area contributed by atoms with E-state index in [0.29, 0.717) is 51.2 Å². The molecule has 1 amide bonds. The zero-order valence-electron chi connectivity index (χ0n) is 22.8. The van der Waals surface area contributed by atoms with Crippen molar-refractivity contribution < 1.29 is 14.3 Å². The molecule has 0 spiro atoms. The summed E-state index contributed by atoms with van der Waals surface area (Å²) >= 11 is 13.6. The molecule has 41 heavy (non-hydrogen) atoms. The van der Waals surface area contributed by atoms with Crippen molar-refractivity contribution in [3.05, 3.63) is 89.8 Å². The molecule has 0 fully saturated rings. The summed E-state index contributed by atoms with van der Waals surface area (Å²) in [4.78, 5) is 30.7. The Morgan fingerprint density at radius 1 is 1.15 bits per heavy atom. The molecule has 4 aromatic rings. The number of amides is 1. The van der Waals surface area contributed by atoms with Crippen LogP contribution in [-0.4, -0.2) is 35.0 Å². The van der Waals surface area contributed by atoms with Crippen LogP contribution in [0.25, 0.3) is 10.9 Å². The van der Waals surface area contributed by atoms with E-state index in [2.05, 4.69) is 49.2 Å². The molecule has 0 aliphatic rings. The van der Waals surface area contributed by atoms with Gasteiger partial charge < -0.3 is 14.8 Å². The van der Waals surface area contributed by atoms with E-state index < -0.39 is 0 Å². The SMILES string of the molecule is CCCCc1nc2ccc(Br)cc2c(=O)n1N=Cc1cc(OCC)c(OCC(=O)Nc2ccccc2C)c(Cl)c1Br. The Bertz CT molecular complexity index is 1670. The number of carbonyl (C=O) groups excluding carboxylic acids is 1. The van der Waals surface area contributed by atoms with Gasteiger partial charge in [0.05, 0.1) is 23.7 Å². The van der Waals surface area contributed by atoms with Gasteiger partial charge in [-0.1, -0.05) is 59.1 Å². The van der Waals surface area contributed by atoms with Crippen LogP contribution in [-0.2, 0) is 11.2 Å². The first kappa shape index (κ1) is 30.7. The third-order valence-corrected chi connectivity index (χ3v) is 8.10. The highest BCUT2D eigenvalue weighted by Crippen LogP contribution is 2.42. The number of carbonyl (C=O) groups is 1. The van der Waals surface area contributed by atoms with Crippen molar-refractivity contribution in [2.24, 2.45) is 5.10 Å². The van der Waals surface area contributed by atoms with Crippen molar-refractivity contribution in [1.29, 1.82) is 0 Å². The minimum absolute atomic E-state index is 0.209. The topological polar surface area (TPSA) is 94.8 Å². The largest absolute Gasteiger partial charge is 0.490 e. The van der Waals surface area contributed by atoms with E-state index in [1.165, 1.54) is 10.9 Å². The molecule has 11 heteroatoms. The zero-order valence-corrected chi connectivity index (χ0v) is 26.8. The van der Waals surface area contributed by atoms with Crippen molar-refractivity contribution in [2.45, 2.75) is 40.0 Å². The number of fused-ring (bicyclic) bond motifs is 1. The van der Waals surface area contributed by atoms with Gasteiger partial charge in [-0.2, -0.15) is 9.78 Å². The number of rotatable bonds is 11. The molecule has 214 valence electrons. The van der Waals surface area contributed by atoms with Gasteiger partial charge in [-0.15, -0.1) is 0 Å². The fourth-order valence-corrected chi connectivity index (χ4v) is 5.08. The number of anilines is 1. The summed E-state index contributed by atoms with van der Waals surface area (Å²) in [5.74, 6) is 0.782. The Labute approximate surface area is 260 Å². The Morgan fingerprint density at radius 3 is 2.66 bits per heavy atom. The number of hydrogen-bond donors (Lipinski definition) is 1. The predicted molar refractivity (Wildman–Crippen MR) is 171 cm³/mol. The van der Waals surface area contributed by atoms with Gasteiger partial charge in [0.15, 0.2) is 18.1 Å². The fraction of sp³-hybridized carbons (Fsp3) is 0.267. The normalized spacial score (nSPS) is 11.3. The van der Waals surface area contributed by atoms with E-state index in [1.807, 2.05) is 50.2 Å². The first-order valence-corrected chi connectivity index (χ1v) is 15.1. The lowest BCUT2D eigenvalue weighted by Crippen LogP contribution is -2.22. The van der Waals surface area contributed by atoms with E-state index in [9.17, 15) is 9.59 Å². The summed E-state index contributed by atoms with van der Waals surface area (Å²) in [6.07, 6.45) is 3.92. The van der Waals surface area contributed by atoms with E-state index >= 15 is 0 Å². The van der Waals surface area contributed by atoms with Crippen LogP contribution in [0, 0.1) is 6.92 Å². The lowest BCUT2D eigenvalue weighted by atomic mass is 10.2. The van der Waals surface area contributed by atoms with Gasteiger partial charge in [-0.25, -0.2) is 4.98 Å². The van der Waals surface area contributed by atoms with E-state index in [1.54, 1.807) is 12.1 Å². The molecular formula is C30H29Br2ClN4O4. The van der Waals surface area contributed by atoms with Crippen molar-refractivity contribution in [1.82, 2.24) is 9.66 Å². The molecule has 4 rings (SSSR count). The predicted octanol–water partition coefficient (Wildman–Crippen LogP) is 7.52. The number of aryl methyl sites for hydroxylation is 2. The monoisotopic (exact) mass is 702 g/mol. The van der Waals surface area contributed by atoms with Crippen molar-refractivity contribution >= 4 is 72.2 Å². The highest BCUT2D eigenvalue weighted by atomic mass is 79.9. The van der Waals surface area contributed by atoms with Crippen LogP contribution in [0.15, 0.2) is 67.4 Å². The number of hydrogen-bond acceptors (Lipinski definition) is 6. The number of halogens is 3. The minimum atomic E-state index is -0.339. The van der Waals surface area contributed by atoms with Gasteiger partial charge in [-0.05, 0) is 72.1 Å². The molecule has 1 heterocycles. The number of para-hydroxylation sites is 1. The lowest BCUT2D eigenvalue weighted by molar-refractivity contribution is -0.118. The molecule has 0 unspecified atom stereocenters. The van der Waals surface area contributed by atoms with Crippen LogP contribution in [0.4, 0.5) is 5.69 Å². The summed E-state index contributed by atoms with van der Waals surface area (Å²) in [5.41, 5.74) is 2.54. The molecule has 0 saturated heterocycles. The summed E-state index contributed by atoms with van der Waals surface area (Å²) < 4.78 is 14.2. The smallest absolute Gasteiger partial charge is 0.282 e. The number of nitrogens with one attached hydrogen (secondary N) is 1. The van der Waals surface area contributed by atoms with Crippen molar-refractivity contribution in [3.8, 4) is 11.5 Å². The Morgan fingerprint density at radius 2 is 1.93 bits per heavy atom. The second kappa shape index (κ2) is 14.1. The van der Waals surface area contributed by atoms with Gasteiger partial charge in [0.25, 0.3) is 11.5 Å².